The van der Waals surface area contributed by atoms with Crippen LogP contribution in [0.3, 0.4) is 0 Å². The van der Waals surface area contributed by atoms with Crippen LogP contribution in [0.25, 0.3) is 0 Å². The van der Waals surface area contributed by atoms with Crippen LogP contribution in [0.5, 0.6) is 0 Å². The van der Waals surface area contributed by atoms with Crippen molar-refractivity contribution in [2.24, 2.45) is 0 Å². The predicted octanol–water partition coefficient (Wildman–Crippen LogP) is 2.42. The Morgan fingerprint density at radius 1 is 1.08 bits per heavy atom. The molecule has 1 atom stereocenters. The quantitative estimate of drug-likeness (QED) is 0.833. The lowest BCUT2D eigenvalue weighted by atomic mass is 10.0. The van der Waals surface area contributed by atoms with Crippen molar-refractivity contribution >= 4 is 6.03 Å². The second-order valence-electron chi connectivity index (χ2n) is 6.26. The Balaban J connectivity index is 2.03. The smallest absolute Gasteiger partial charge is 0.317 e. The molecule has 24 heavy (non-hydrogen) atoms. The average molecular weight is 332 g/mol. The number of carbonyl (C=O) groups excluding carboxylic acids is 1. The van der Waals surface area contributed by atoms with Crippen LogP contribution in [0.15, 0.2) is 30.3 Å². The zero-order chi connectivity index (χ0) is 17.4. The van der Waals surface area contributed by atoms with Gasteiger partial charge in [0.05, 0.1) is 6.04 Å². The number of carbonyl (C=O) groups is 1. The Kier molecular flexibility index (Phi) is 7.53. The molecule has 0 spiro atoms. The van der Waals surface area contributed by atoms with Gasteiger partial charge >= 0.3 is 6.03 Å². The van der Waals surface area contributed by atoms with E-state index in [-0.39, 0.29) is 12.1 Å². The zero-order valence-electron chi connectivity index (χ0n) is 15.4. The fraction of sp³-hybridized carbons (Fsp3) is 0.632. The number of nitrogens with zero attached hydrogens (tertiary/aromatic N) is 3. The van der Waals surface area contributed by atoms with E-state index in [9.17, 15) is 4.79 Å². The molecule has 5 heteroatoms. The molecule has 0 saturated carbocycles. The molecule has 1 aliphatic heterocycles. The summed E-state index contributed by atoms with van der Waals surface area (Å²) in [6.07, 6.45) is 0. The van der Waals surface area contributed by atoms with Crippen LogP contribution in [0, 0.1) is 0 Å². The summed E-state index contributed by atoms with van der Waals surface area (Å²) in [5.41, 5.74) is 1.28. The van der Waals surface area contributed by atoms with Gasteiger partial charge in [0.15, 0.2) is 0 Å². The molecule has 1 aliphatic rings. The van der Waals surface area contributed by atoms with Gasteiger partial charge in [0.25, 0.3) is 0 Å². The van der Waals surface area contributed by atoms with E-state index in [4.69, 9.17) is 0 Å². The number of benzene rings is 1. The normalized spacial score (nSPS) is 17.5. The maximum Gasteiger partial charge on any atom is 0.317 e. The Labute approximate surface area is 146 Å². The summed E-state index contributed by atoms with van der Waals surface area (Å²) in [6, 6.07) is 10.8. The number of nitrogens with one attached hydrogen (secondary N) is 1. The van der Waals surface area contributed by atoms with Crippen molar-refractivity contribution in [1.82, 2.24) is 20.0 Å². The SMILES string of the molecule is CCN1CCN(C(CNC(=O)N(CC)CC)c2ccccc2)CC1. The number of hydrogen-bond acceptors (Lipinski definition) is 3. The molecule has 1 aromatic carbocycles. The van der Waals surface area contributed by atoms with E-state index in [1.54, 1.807) is 0 Å². The molecule has 134 valence electrons. The first kappa shape index (κ1) is 18.7. The molecule has 1 N–H and O–H groups in total. The second kappa shape index (κ2) is 9.64. The number of amides is 2. The minimum Gasteiger partial charge on any atom is -0.336 e. The maximum atomic E-state index is 12.3. The third-order valence-corrected chi connectivity index (χ3v) is 4.98. The van der Waals surface area contributed by atoms with E-state index in [0.29, 0.717) is 6.54 Å². The zero-order valence-corrected chi connectivity index (χ0v) is 15.4. The lowest BCUT2D eigenvalue weighted by Crippen LogP contribution is -2.50. The molecule has 1 fully saturated rings. The first-order valence-corrected chi connectivity index (χ1v) is 9.23. The largest absolute Gasteiger partial charge is 0.336 e. The van der Waals surface area contributed by atoms with Crippen LogP contribution in [0.1, 0.15) is 32.4 Å². The second-order valence-corrected chi connectivity index (χ2v) is 6.26. The van der Waals surface area contributed by atoms with Crippen molar-refractivity contribution in [2.45, 2.75) is 26.8 Å². The third kappa shape index (κ3) is 4.95. The lowest BCUT2D eigenvalue weighted by molar-refractivity contribution is 0.0980. The van der Waals surface area contributed by atoms with E-state index in [2.05, 4.69) is 46.3 Å². The van der Waals surface area contributed by atoms with Gasteiger partial charge in [-0.05, 0) is 26.0 Å². The first-order chi connectivity index (χ1) is 11.7. The van der Waals surface area contributed by atoms with Gasteiger partial charge in [0.2, 0.25) is 0 Å². The highest BCUT2D eigenvalue weighted by molar-refractivity contribution is 5.74. The summed E-state index contributed by atoms with van der Waals surface area (Å²) in [5.74, 6) is 0. The van der Waals surface area contributed by atoms with Crippen LogP contribution < -0.4 is 5.32 Å². The summed E-state index contributed by atoms with van der Waals surface area (Å²) in [5, 5.41) is 3.14. The molecule has 2 rings (SSSR count). The standard InChI is InChI=1S/C19H32N4O/c1-4-21-12-14-23(15-13-21)18(17-10-8-7-9-11-17)16-20-19(24)22(5-2)6-3/h7-11,18H,4-6,12-16H2,1-3H3,(H,20,24). The molecule has 0 radical (unpaired) electrons. The van der Waals surface area contributed by atoms with Gasteiger partial charge in [-0.2, -0.15) is 0 Å². The van der Waals surface area contributed by atoms with Crippen molar-refractivity contribution in [2.75, 3.05) is 52.4 Å². The fourth-order valence-corrected chi connectivity index (χ4v) is 3.33. The van der Waals surface area contributed by atoms with Crippen molar-refractivity contribution in [3.8, 4) is 0 Å². The van der Waals surface area contributed by atoms with Crippen LogP contribution in [-0.4, -0.2) is 73.1 Å². The Hall–Kier alpha value is -1.59. The fourth-order valence-electron chi connectivity index (χ4n) is 3.33. The summed E-state index contributed by atoms with van der Waals surface area (Å²) in [7, 11) is 0. The lowest BCUT2D eigenvalue weighted by Gasteiger charge is -2.39. The van der Waals surface area contributed by atoms with E-state index in [1.165, 1.54) is 5.56 Å². The number of likely N-dealkylation sites (N-methyl/N-ethyl adjacent to an activating group) is 1. The summed E-state index contributed by atoms with van der Waals surface area (Å²) < 4.78 is 0. The van der Waals surface area contributed by atoms with Gasteiger partial charge in [0, 0.05) is 45.8 Å². The summed E-state index contributed by atoms with van der Waals surface area (Å²) >= 11 is 0. The minimum absolute atomic E-state index is 0.0353. The minimum atomic E-state index is 0.0353. The van der Waals surface area contributed by atoms with Crippen molar-refractivity contribution in [1.29, 1.82) is 0 Å². The monoisotopic (exact) mass is 332 g/mol. The Morgan fingerprint density at radius 2 is 1.71 bits per heavy atom. The van der Waals surface area contributed by atoms with Gasteiger partial charge in [0.1, 0.15) is 0 Å². The third-order valence-electron chi connectivity index (χ3n) is 4.98. The topological polar surface area (TPSA) is 38.8 Å². The molecule has 0 aliphatic carbocycles. The molecule has 1 aromatic rings. The van der Waals surface area contributed by atoms with E-state index in [0.717, 1.165) is 45.8 Å². The molecule has 2 amide bonds. The summed E-state index contributed by atoms with van der Waals surface area (Å²) in [4.78, 5) is 19.1. The number of urea groups is 1. The van der Waals surface area contributed by atoms with Crippen LogP contribution in [0.2, 0.25) is 0 Å². The molecule has 0 bridgehead atoms. The first-order valence-electron chi connectivity index (χ1n) is 9.23. The molecular weight excluding hydrogens is 300 g/mol. The highest BCUT2D eigenvalue weighted by Crippen LogP contribution is 2.21. The molecule has 1 unspecified atom stereocenters. The highest BCUT2D eigenvalue weighted by atomic mass is 16.2. The van der Waals surface area contributed by atoms with Crippen molar-refractivity contribution in [3.63, 3.8) is 0 Å². The Morgan fingerprint density at radius 3 is 2.25 bits per heavy atom. The van der Waals surface area contributed by atoms with Gasteiger partial charge in [-0.25, -0.2) is 4.79 Å². The van der Waals surface area contributed by atoms with Crippen LogP contribution in [0.4, 0.5) is 4.79 Å². The molecular formula is C19H32N4O. The summed E-state index contributed by atoms with van der Waals surface area (Å²) in [6.45, 7) is 13.8. The molecule has 1 saturated heterocycles. The average Bonchev–Trinajstić information content (AvgIpc) is 2.64. The maximum absolute atomic E-state index is 12.3. The van der Waals surface area contributed by atoms with E-state index >= 15 is 0 Å². The number of piperazine rings is 1. The van der Waals surface area contributed by atoms with Crippen molar-refractivity contribution in [3.05, 3.63) is 35.9 Å². The van der Waals surface area contributed by atoms with Crippen LogP contribution in [-0.2, 0) is 0 Å². The Bertz CT molecular complexity index is 481. The van der Waals surface area contributed by atoms with Gasteiger partial charge < -0.3 is 15.1 Å². The number of rotatable bonds is 7. The molecule has 1 heterocycles. The van der Waals surface area contributed by atoms with Crippen LogP contribution >= 0.6 is 0 Å². The predicted molar refractivity (Wildman–Crippen MR) is 99.2 cm³/mol. The van der Waals surface area contributed by atoms with E-state index < -0.39 is 0 Å². The number of hydrogen-bond donors (Lipinski definition) is 1. The van der Waals surface area contributed by atoms with Gasteiger partial charge in [-0.15, -0.1) is 0 Å². The van der Waals surface area contributed by atoms with Gasteiger partial charge in [-0.3, -0.25) is 4.90 Å². The highest BCUT2D eigenvalue weighted by Gasteiger charge is 2.25. The van der Waals surface area contributed by atoms with E-state index in [1.807, 2.05) is 24.8 Å². The molecule has 0 aromatic heterocycles. The van der Waals surface area contributed by atoms with Crippen molar-refractivity contribution < 1.29 is 4.79 Å². The van der Waals surface area contributed by atoms with Gasteiger partial charge in [-0.1, -0.05) is 37.3 Å². The molecule has 5 nitrogen and oxygen atoms in total.